The third kappa shape index (κ3) is 6.04. The normalized spacial score (nSPS) is 11.8. The van der Waals surface area contributed by atoms with Gasteiger partial charge in [0.05, 0.1) is 13.7 Å². The fraction of sp³-hybridized carbons (Fsp3) is 0.562. The van der Waals surface area contributed by atoms with Gasteiger partial charge in [0, 0.05) is 13.5 Å². The minimum Gasteiger partial charge on any atom is -0.497 e. The third-order valence-electron chi connectivity index (χ3n) is 3.55. The Morgan fingerprint density at radius 3 is 2.43 bits per heavy atom. The van der Waals surface area contributed by atoms with Crippen molar-refractivity contribution in [2.45, 2.75) is 19.8 Å². The number of carbonyl (C=O) groups is 1. The number of likely N-dealkylation sites (N-methyl/N-ethyl adjacent to an activating group) is 1. The van der Waals surface area contributed by atoms with Crippen LogP contribution in [0.2, 0.25) is 0 Å². The minimum absolute atomic E-state index is 0.116. The summed E-state index contributed by atoms with van der Waals surface area (Å²) in [5, 5.41) is 0. The number of hydrogen-bond donors (Lipinski definition) is 1. The van der Waals surface area contributed by atoms with Gasteiger partial charge in [0.1, 0.15) is 18.1 Å². The predicted molar refractivity (Wildman–Crippen MR) is 83.6 cm³/mol. The molecule has 0 spiro atoms. The summed E-state index contributed by atoms with van der Waals surface area (Å²) >= 11 is 0. The number of nitrogens with two attached hydrogens (primary N) is 1. The average Bonchev–Trinajstić information content (AvgIpc) is 2.52. The number of rotatable bonds is 9. The van der Waals surface area contributed by atoms with E-state index in [-0.39, 0.29) is 11.8 Å². The first-order valence-electron chi connectivity index (χ1n) is 7.31. The Morgan fingerprint density at radius 1 is 1.29 bits per heavy atom. The van der Waals surface area contributed by atoms with Crippen molar-refractivity contribution >= 4 is 5.91 Å². The molecule has 0 saturated heterocycles. The second kappa shape index (κ2) is 9.23. The molecule has 0 aliphatic heterocycles. The molecule has 0 saturated carbocycles. The van der Waals surface area contributed by atoms with Crippen LogP contribution in [0.1, 0.15) is 19.8 Å². The highest BCUT2D eigenvalue weighted by molar-refractivity contribution is 5.76. The lowest BCUT2D eigenvalue weighted by atomic mass is 10.0. The van der Waals surface area contributed by atoms with E-state index >= 15 is 0 Å². The Balaban J connectivity index is 2.31. The number of ether oxygens (including phenoxy) is 2. The van der Waals surface area contributed by atoms with E-state index in [0.29, 0.717) is 26.1 Å². The molecule has 1 amide bonds. The van der Waals surface area contributed by atoms with Crippen LogP contribution < -0.4 is 15.2 Å². The number of hydrogen-bond acceptors (Lipinski definition) is 4. The van der Waals surface area contributed by atoms with Crippen LogP contribution in [0.4, 0.5) is 0 Å². The molecule has 1 atom stereocenters. The standard InChI is InChI=1S/C16H26N2O3/c1-4-13(12-17)11-16(19)18(2)9-10-21-15-7-5-14(20-3)6-8-15/h5-8,13H,4,9-12,17H2,1-3H3. The third-order valence-corrected chi connectivity index (χ3v) is 3.55. The minimum atomic E-state index is 0.116. The van der Waals surface area contributed by atoms with Crippen molar-refractivity contribution in [3.63, 3.8) is 0 Å². The van der Waals surface area contributed by atoms with Gasteiger partial charge >= 0.3 is 0 Å². The van der Waals surface area contributed by atoms with Crippen molar-refractivity contribution in [1.82, 2.24) is 4.90 Å². The molecular formula is C16H26N2O3. The molecule has 0 bridgehead atoms. The summed E-state index contributed by atoms with van der Waals surface area (Å²) in [4.78, 5) is 13.7. The first-order chi connectivity index (χ1) is 10.1. The number of nitrogens with zero attached hydrogens (tertiary/aromatic N) is 1. The first-order valence-corrected chi connectivity index (χ1v) is 7.31. The second-order valence-electron chi connectivity index (χ2n) is 5.05. The summed E-state index contributed by atoms with van der Waals surface area (Å²) < 4.78 is 10.7. The van der Waals surface area contributed by atoms with E-state index in [1.54, 1.807) is 19.1 Å². The smallest absolute Gasteiger partial charge is 0.222 e. The van der Waals surface area contributed by atoms with E-state index in [4.69, 9.17) is 15.2 Å². The Morgan fingerprint density at radius 2 is 1.90 bits per heavy atom. The lowest BCUT2D eigenvalue weighted by molar-refractivity contribution is -0.131. The molecule has 2 N–H and O–H groups in total. The van der Waals surface area contributed by atoms with Crippen molar-refractivity contribution in [1.29, 1.82) is 0 Å². The van der Waals surface area contributed by atoms with Gasteiger partial charge in [-0.3, -0.25) is 4.79 Å². The Kier molecular flexibility index (Phi) is 7.61. The second-order valence-corrected chi connectivity index (χ2v) is 5.05. The number of amides is 1. The maximum Gasteiger partial charge on any atom is 0.222 e. The molecule has 5 nitrogen and oxygen atoms in total. The zero-order valence-corrected chi connectivity index (χ0v) is 13.2. The van der Waals surface area contributed by atoms with Gasteiger partial charge in [0.25, 0.3) is 0 Å². The molecule has 0 aromatic heterocycles. The van der Waals surface area contributed by atoms with Crippen LogP contribution in [0.5, 0.6) is 11.5 Å². The van der Waals surface area contributed by atoms with Gasteiger partial charge in [-0.15, -0.1) is 0 Å². The Hall–Kier alpha value is -1.75. The molecule has 1 aromatic carbocycles. The topological polar surface area (TPSA) is 64.8 Å². The van der Waals surface area contributed by atoms with Crippen LogP contribution in [0, 0.1) is 5.92 Å². The lowest BCUT2D eigenvalue weighted by Gasteiger charge is -2.20. The molecule has 118 valence electrons. The molecule has 0 aliphatic carbocycles. The van der Waals surface area contributed by atoms with Gasteiger partial charge in [-0.2, -0.15) is 0 Å². The van der Waals surface area contributed by atoms with Gasteiger partial charge in [-0.05, 0) is 36.7 Å². The summed E-state index contributed by atoms with van der Waals surface area (Å²) in [7, 11) is 3.42. The monoisotopic (exact) mass is 294 g/mol. The van der Waals surface area contributed by atoms with Crippen molar-refractivity contribution in [3.8, 4) is 11.5 Å². The van der Waals surface area contributed by atoms with Crippen molar-refractivity contribution in [3.05, 3.63) is 24.3 Å². The fourth-order valence-electron chi connectivity index (χ4n) is 1.89. The molecule has 1 rings (SSSR count). The van der Waals surface area contributed by atoms with Crippen LogP contribution in [-0.2, 0) is 4.79 Å². The molecule has 0 fully saturated rings. The molecule has 21 heavy (non-hydrogen) atoms. The summed E-state index contributed by atoms with van der Waals surface area (Å²) in [6, 6.07) is 7.39. The van der Waals surface area contributed by atoms with Gasteiger partial charge < -0.3 is 20.1 Å². The van der Waals surface area contributed by atoms with E-state index in [2.05, 4.69) is 6.92 Å². The summed E-state index contributed by atoms with van der Waals surface area (Å²) in [5.41, 5.74) is 5.63. The molecule has 0 radical (unpaired) electrons. The van der Waals surface area contributed by atoms with Gasteiger partial charge in [-0.25, -0.2) is 0 Å². The van der Waals surface area contributed by atoms with Crippen molar-refractivity contribution in [2.75, 3.05) is 33.9 Å². The Bertz CT molecular complexity index is 416. The number of methoxy groups -OCH3 is 1. The Labute approximate surface area is 127 Å². The van der Waals surface area contributed by atoms with Gasteiger partial charge in [0.2, 0.25) is 5.91 Å². The maximum absolute atomic E-state index is 12.0. The fourth-order valence-corrected chi connectivity index (χ4v) is 1.89. The van der Waals surface area contributed by atoms with Crippen molar-refractivity contribution < 1.29 is 14.3 Å². The zero-order valence-electron chi connectivity index (χ0n) is 13.2. The highest BCUT2D eigenvalue weighted by Crippen LogP contribution is 2.16. The van der Waals surface area contributed by atoms with Gasteiger partial charge in [-0.1, -0.05) is 13.3 Å². The molecular weight excluding hydrogens is 268 g/mol. The SMILES string of the molecule is CCC(CN)CC(=O)N(C)CCOc1ccc(OC)cc1. The molecule has 0 heterocycles. The first kappa shape index (κ1) is 17.3. The molecule has 0 aliphatic rings. The van der Waals surface area contributed by atoms with Gasteiger partial charge in [0.15, 0.2) is 0 Å². The van der Waals surface area contributed by atoms with E-state index in [0.717, 1.165) is 17.9 Å². The summed E-state index contributed by atoms with van der Waals surface area (Å²) in [6.07, 6.45) is 1.43. The maximum atomic E-state index is 12.0. The lowest BCUT2D eigenvalue weighted by Crippen LogP contribution is -2.33. The number of benzene rings is 1. The van der Waals surface area contributed by atoms with Crippen LogP contribution in [0.25, 0.3) is 0 Å². The van der Waals surface area contributed by atoms with E-state index in [9.17, 15) is 4.79 Å². The molecule has 5 heteroatoms. The molecule has 1 unspecified atom stereocenters. The highest BCUT2D eigenvalue weighted by atomic mass is 16.5. The average molecular weight is 294 g/mol. The highest BCUT2D eigenvalue weighted by Gasteiger charge is 2.14. The summed E-state index contributed by atoms with van der Waals surface area (Å²) in [5.74, 6) is 1.94. The van der Waals surface area contributed by atoms with Crippen LogP contribution in [-0.4, -0.2) is 44.7 Å². The van der Waals surface area contributed by atoms with Crippen LogP contribution >= 0.6 is 0 Å². The van der Waals surface area contributed by atoms with E-state index in [1.807, 2.05) is 24.3 Å². The van der Waals surface area contributed by atoms with Crippen molar-refractivity contribution in [2.24, 2.45) is 11.7 Å². The van der Waals surface area contributed by atoms with Crippen LogP contribution in [0.15, 0.2) is 24.3 Å². The van der Waals surface area contributed by atoms with E-state index < -0.39 is 0 Å². The van der Waals surface area contributed by atoms with Crippen LogP contribution in [0.3, 0.4) is 0 Å². The molecule has 1 aromatic rings. The zero-order chi connectivity index (χ0) is 15.7. The van der Waals surface area contributed by atoms with E-state index in [1.165, 1.54) is 0 Å². The summed E-state index contributed by atoms with van der Waals surface area (Å²) in [6.45, 7) is 3.63. The predicted octanol–water partition coefficient (Wildman–Crippen LogP) is 1.91. The number of carbonyl (C=O) groups excluding carboxylic acids is 1. The largest absolute Gasteiger partial charge is 0.497 e. The quantitative estimate of drug-likeness (QED) is 0.755.